The first kappa shape index (κ1) is 7.30. The maximum absolute atomic E-state index is 9.94. The fourth-order valence-corrected chi connectivity index (χ4v) is 0.790. The van der Waals surface area contributed by atoms with Gasteiger partial charge in [-0.3, -0.25) is 5.32 Å². The summed E-state index contributed by atoms with van der Waals surface area (Å²) in [6, 6.07) is 0. The minimum atomic E-state index is -1.30. The van der Waals surface area contributed by atoms with Gasteiger partial charge in [-0.1, -0.05) is 0 Å². The van der Waals surface area contributed by atoms with Crippen LogP contribution >= 0.6 is 0 Å². The van der Waals surface area contributed by atoms with E-state index in [-0.39, 0.29) is 0 Å². The molecule has 2 N–H and O–H groups in total. The molecule has 10 heavy (non-hydrogen) atoms. The first-order valence-corrected chi connectivity index (χ1v) is 3.09. The number of ether oxygens (including phenoxy) is 1. The van der Waals surface area contributed by atoms with E-state index in [1.807, 2.05) is 0 Å². The van der Waals surface area contributed by atoms with Crippen LogP contribution in [0.15, 0.2) is 0 Å². The molecular formula is C5H9N2O3. The number of amides is 1. The summed E-state index contributed by atoms with van der Waals surface area (Å²) in [5, 5.41) is 15.0. The lowest BCUT2D eigenvalue weighted by Crippen LogP contribution is -2.48. The molecule has 5 heteroatoms. The Labute approximate surface area is 58.4 Å². The number of carbonyl (C=O) groups excluding carboxylic acids is 1. The molecule has 0 aliphatic carbocycles. The molecule has 0 aromatic heterocycles. The molecule has 0 spiro atoms. The number of nitrogens with one attached hydrogen (secondary N) is 2. The minimum Gasteiger partial charge on any atom is -0.356 e. The average Bonchev–Trinajstić information content (AvgIpc) is 1.88. The predicted octanol–water partition coefficient (Wildman–Crippen LogP) is -0.928. The van der Waals surface area contributed by atoms with Gasteiger partial charge >= 0.3 is 6.09 Å². The van der Waals surface area contributed by atoms with Crippen molar-refractivity contribution in [3.63, 3.8) is 0 Å². The van der Waals surface area contributed by atoms with Crippen LogP contribution in [0.5, 0.6) is 0 Å². The highest BCUT2D eigenvalue weighted by Gasteiger charge is 2.14. The van der Waals surface area contributed by atoms with Crippen molar-refractivity contribution >= 4 is 6.09 Å². The van der Waals surface area contributed by atoms with Crippen LogP contribution < -0.4 is 10.6 Å². The van der Waals surface area contributed by atoms with Crippen molar-refractivity contribution in [1.29, 1.82) is 0 Å². The molecular weight excluding hydrogens is 136 g/mol. The Kier molecular flexibility index (Phi) is 2.47. The monoisotopic (exact) mass is 145 g/mol. The summed E-state index contributed by atoms with van der Waals surface area (Å²) in [6.07, 6.45) is -1.74. The van der Waals surface area contributed by atoms with E-state index < -0.39 is 12.3 Å². The van der Waals surface area contributed by atoms with Crippen molar-refractivity contribution in [3.8, 4) is 0 Å². The molecule has 0 aromatic carbocycles. The molecule has 1 aliphatic heterocycles. The Morgan fingerprint density at radius 1 is 1.70 bits per heavy atom. The third-order valence-corrected chi connectivity index (χ3v) is 1.21. The first-order valence-electron chi connectivity index (χ1n) is 3.09. The van der Waals surface area contributed by atoms with Crippen molar-refractivity contribution in [2.24, 2.45) is 0 Å². The molecule has 1 rings (SSSR count). The Hall–Kier alpha value is -0.810. The lowest BCUT2D eigenvalue weighted by atomic mass is 10.4. The van der Waals surface area contributed by atoms with Gasteiger partial charge in [0.15, 0.2) is 0 Å². The van der Waals surface area contributed by atoms with Gasteiger partial charge in [0.2, 0.25) is 0 Å². The largest absolute Gasteiger partial charge is 0.452 e. The fraction of sp³-hybridized carbons (Fsp3) is 0.800. The van der Waals surface area contributed by atoms with Crippen molar-refractivity contribution in [2.45, 2.75) is 6.23 Å². The lowest BCUT2D eigenvalue weighted by Gasteiger charge is -2.22. The normalized spacial score (nSPS) is 25.8. The van der Waals surface area contributed by atoms with Gasteiger partial charge in [0.25, 0.3) is 0 Å². The van der Waals surface area contributed by atoms with Gasteiger partial charge in [-0.25, -0.2) is 9.90 Å². The Morgan fingerprint density at radius 3 is 3.00 bits per heavy atom. The van der Waals surface area contributed by atoms with Crippen LogP contribution in [0.2, 0.25) is 0 Å². The maximum atomic E-state index is 9.94. The number of rotatable bonds is 1. The van der Waals surface area contributed by atoms with E-state index in [0.717, 1.165) is 6.54 Å². The molecule has 1 saturated heterocycles. The number of morpholine rings is 1. The smallest absolute Gasteiger partial charge is 0.356 e. The molecule has 0 saturated carbocycles. The van der Waals surface area contributed by atoms with Gasteiger partial charge in [0.1, 0.15) is 6.23 Å². The molecule has 5 nitrogen and oxygen atoms in total. The summed E-state index contributed by atoms with van der Waals surface area (Å²) in [4.78, 5) is 9.94. The summed E-state index contributed by atoms with van der Waals surface area (Å²) in [5.41, 5.74) is 0. The standard InChI is InChI=1S/C5H9N2O3/c8-5(9)7-4-3-6-1-2-10-4/h4,6-7H,1-3H2. The molecule has 1 amide bonds. The van der Waals surface area contributed by atoms with Gasteiger partial charge < -0.3 is 10.1 Å². The van der Waals surface area contributed by atoms with Crippen molar-refractivity contribution in [2.75, 3.05) is 19.7 Å². The highest BCUT2D eigenvalue weighted by Crippen LogP contribution is 1.90. The van der Waals surface area contributed by atoms with Gasteiger partial charge in [0, 0.05) is 13.1 Å². The zero-order valence-corrected chi connectivity index (χ0v) is 5.42. The maximum Gasteiger partial charge on any atom is 0.452 e. The zero-order valence-electron chi connectivity index (χ0n) is 5.42. The van der Waals surface area contributed by atoms with E-state index in [2.05, 4.69) is 10.6 Å². The average molecular weight is 145 g/mol. The minimum absolute atomic E-state index is 0.446. The van der Waals surface area contributed by atoms with Crippen LogP contribution in [-0.2, 0) is 9.84 Å². The summed E-state index contributed by atoms with van der Waals surface area (Å²) < 4.78 is 4.99. The number of carbonyl (C=O) groups is 1. The third-order valence-electron chi connectivity index (χ3n) is 1.21. The summed E-state index contributed by atoms with van der Waals surface area (Å²) in [5.74, 6) is 0. The highest BCUT2D eigenvalue weighted by molar-refractivity contribution is 5.64. The van der Waals surface area contributed by atoms with Crippen LogP contribution in [0, 0.1) is 0 Å². The van der Waals surface area contributed by atoms with E-state index in [0.29, 0.717) is 13.2 Å². The van der Waals surface area contributed by atoms with Crippen molar-refractivity contribution in [3.05, 3.63) is 0 Å². The fourth-order valence-electron chi connectivity index (χ4n) is 0.790. The van der Waals surface area contributed by atoms with Crippen LogP contribution in [0.25, 0.3) is 0 Å². The second-order valence-electron chi connectivity index (χ2n) is 2.00. The number of hydrogen-bond donors (Lipinski definition) is 2. The first-order chi connectivity index (χ1) is 4.79. The lowest BCUT2D eigenvalue weighted by molar-refractivity contribution is 0.00704. The Morgan fingerprint density at radius 2 is 2.50 bits per heavy atom. The Balaban J connectivity index is 2.19. The van der Waals surface area contributed by atoms with Crippen LogP contribution in [0.4, 0.5) is 4.79 Å². The summed E-state index contributed by atoms with van der Waals surface area (Å²) in [7, 11) is 0. The molecule has 0 bridgehead atoms. The molecule has 1 unspecified atom stereocenters. The van der Waals surface area contributed by atoms with E-state index in [1.165, 1.54) is 0 Å². The molecule has 1 heterocycles. The van der Waals surface area contributed by atoms with Crippen LogP contribution in [-0.4, -0.2) is 32.0 Å². The Bertz CT molecular complexity index is 122. The molecule has 0 aromatic rings. The summed E-state index contributed by atoms with van der Waals surface area (Å²) >= 11 is 0. The SMILES string of the molecule is [O]C(=O)NC1CNCCO1. The van der Waals surface area contributed by atoms with Gasteiger partial charge in [-0.2, -0.15) is 0 Å². The van der Waals surface area contributed by atoms with Gasteiger partial charge in [-0.05, 0) is 0 Å². The molecule has 1 aliphatic rings. The van der Waals surface area contributed by atoms with Gasteiger partial charge in [0.05, 0.1) is 6.61 Å². The number of hydrogen-bond acceptors (Lipinski definition) is 3. The molecule has 57 valence electrons. The van der Waals surface area contributed by atoms with Crippen LogP contribution in [0.1, 0.15) is 0 Å². The van der Waals surface area contributed by atoms with Crippen LogP contribution in [0.3, 0.4) is 0 Å². The second-order valence-corrected chi connectivity index (χ2v) is 2.00. The van der Waals surface area contributed by atoms with E-state index in [9.17, 15) is 9.90 Å². The zero-order chi connectivity index (χ0) is 7.40. The summed E-state index contributed by atoms with van der Waals surface area (Å²) in [6.45, 7) is 1.81. The quantitative estimate of drug-likeness (QED) is 0.501. The van der Waals surface area contributed by atoms with E-state index >= 15 is 0 Å². The third kappa shape index (κ3) is 2.20. The van der Waals surface area contributed by atoms with E-state index in [1.54, 1.807) is 0 Å². The predicted molar refractivity (Wildman–Crippen MR) is 31.8 cm³/mol. The molecule has 1 atom stereocenters. The van der Waals surface area contributed by atoms with Crippen molar-refractivity contribution < 1.29 is 14.6 Å². The van der Waals surface area contributed by atoms with E-state index in [4.69, 9.17) is 4.74 Å². The molecule has 1 radical (unpaired) electrons. The topological polar surface area (TPSA) is 70.3 Å². The van der Waals surface area contributed by atoms with Gasteiger partial charge in [-0.15, -0.1) is 0 Å². The molecule has 1 fully saturated rings. The highest BCUT2D eigenvalue weighted by atomic mass is 16.5. The second kappa shape index (κ2) is 3.38. The van der Waals surface area contributed by atoms with Crippen molar-refractivity contribution in [1.82, 2.24) is 10.6 Å².